The second-order valence-electron chi connectivity index (χ2n) is 6.48. The number of aldehydes is 1. The lowest BCUT2D eigenvalue weighted by Crippen LogP contribution is -2.70. The summed E-state index contributed by atoms with van der Waals surface area (Å²) in [6, 6.07) is 0.0180. The zero-order valence-electron chi connectivity index (χ0n) is 12.9. The lowest BCUT2D eigenvalue weighted by atomic mass is 9.62. The van der Waals surface area contributed by atoms with E-state index in [-0.39, 0.29) is 35.1 Å². The average Bonchev–Trinajstić information content (AvgIpc) is 3.14. The molecule has 124 valence electrons. The van der Waals surface area contributed by atoms with Gasteiger partial charge in [0, 0.05) is 37.5 Å². The second-order valence-corrected chi connectivity index (χ2v) is 7.36. The lowest BCUT2D eigenvalue weighted by Gasteiger charge is -2.53. The predicted molar refractivity (Wildman–Crippen MR) is 84.8 cm³/mol. The molecule has 1 spiro atoms. The number of hydrogen-bond donors (Lipinski definition) is 2. The van der Waals surface area contributed by atoms with E-state index in [0.717, 1.165) is 6.29 Å². The molecule has 1 aromatic heterocycles. The molecule has 0 aromatic carbocycles. The molecule has 0 bridgehead atoms. The summed E-state index contributed by atoms with van der Waals surface area (Å²) in [5, 5.41) is 3.33. The maximum absolute atomic E-state index is 12.6. The van der Waals surface area contributed by atoms with Crippen LogP contribution in [0, 0.1) is 17.3 Å². The van der Waals surface area contributed by atoms with Crippen molar-refractivity contribution < 1.29 is 14.4 Å². The third kappa shape index (κ3) is 2.55. The first kappa shape index (κ1) is 16.1. The quantitative estimate of drug-likeness (QED) is 0.730. The summed E-state index contributed by atoms with van der Waals surface area (Å²) in [6.45, 7) is 3.44. The molecule has 8 heteroatoms. The normalized spacial score (nSPS) is 30.9. The molecular formula is C15H20N4O3S. The minimum absolute atomic E-state index is 0.0180. The van der Waals surface area contributed by atoms with Gasteiger partial charge in [-0.15, -0.1) is 11.3 Å². The topological polar surface area (TPSA) is 105 Å². The van der Waals surface area contributed by atoms with Crippen molar-refractivity contribution in [1.82, 2.24) is 15.2 Å². The van der Waals surface area contributed by atoms with Crippen LogP contribution in [0.1, 0.15) is 23.0 Å². The molecule has 0 radical (unpaired) electrons. The molecule has 2 aliphatic rings. The van der Waals surface area contributed by atoms with Gasteiger partial charge in [0.2, 0.25) is 5.91 Å². The van der Waals surface area contributed by atoms with Crippen LogP contribution in [0.3, 0.4) is 0 Å². The number of carbonyl (C=O) groups excluding carboxylic acids is 3. The third-order valence-electron chi connectivity index (χ3n) is 5.16. The van der Waals surface area contributed by atoms with Crippen LogP contribution in [0.25, 0.3) is 0 Å². The molecule has 4 atom stereocenters. The van der Waals surface area contributed by atoms with Gasteiger partial charge in [-0.3, -0.25) is 14.6 Å². The largest absolute Gasteiger partial charge is 0.369 e. The molecule has 3 rings (SSSR count). The summed E-state index contributed by atoms with van der Waals surface area (Å²) in [6.07, 6.45) is 2.86. The lowest BCUT2D eigenvalue weighted by molar-refractivity contribution is -0.128. The van der Waals surface area contributed by atoms with Crippen molar-refractivity contribution in [3.05, 3.63) is 16.6 Å². The Kier molecular flexibility index (Phi) is 4.20. The van der Waals surface area contributed by atoms with Crippen LogP contribution in [0.2, 0.25) is 0 Å². The van der Waals surface area contributed by atoms with Crippen LogP contribution >= 0.6 is 11.3 Å². The van der Waals surface area contributed by atoms with Gasteiger partial charge in [-0.2, -0.15) is 0 Å². The monoisotopic (exact) mass is 336 g/mol. The minimum Gasteiger partial charge on any atom is -0.369 e. The number of likely N-dealkylation sites (tertiary alicyclic amines) is 1. The van der Waals surface area contributed by atoms with Crippen molar-refractivity contribution in [2.24, 2.45) is 23.0 Å². The van der Waals surface area contributed by atoms with E-state index in [2.05, 4.69) is 10.3 Å². The Labute approximate surface area is 138 Å². The zero-order chi connectivity index (χ0) is 16.6. The van der Waals surface area contributed by atoms with Gasteiger partial charge in [0.15, 0.2) is 0 Å². The van der Waals surface area contributed by atoms with E-state index in [1.54, 1.807) is 16.6 Å². The highest BCUT2D eigenvalue weighted by molar-refractivity contribution is 7.11. The highest BCUT2D eigenvalue weighted by Crippen LogP contribution is 2.47. The summed E-state index contributed by atoms with van der Waals surface area (Å²) in [4.78, 5) is 41.6. The first-order valence-corrected chi connectivity index (χ1v) is 8.51. The number of rotatable bonds is 5. The summed E-state index contributed by atoms with van der Waals surface area (Å²) >= 11 is 1.29. The molecule has 3 N–H and O–H groups in total. The van der Waals surface area contributed by atoms with Gasteiger partial charge in [0.1, 0.15) is 11.2 Å². The number of nitrogens with two attached hydrogens (primary N) is 1. The molecular weight excluding hydrogens is 316 g/mol. The van der Waals surface area contributed by atoms with E-state index in [9.17, 15) is 14.4 Å². The van der Waals surface area contributed by atoms with Crippen LogP contribution in [0.5, 0.6) is 0 Å². The molecule has 23 heavy (non-hydrogen) atoms. The molecule has 2 saturated heterocycles. The molecule has 3 heterocycles. The zero-order valence-corrected chi connectivity index (χ0v) is 13.7. The van der Waals surface area contributed by atoms with E-state index in [4.69, 9.17) is 5.73 Å². The fraction of sp³-hybridized carbons (Fsp3) is 0.600. The summed E-state index contributed by atoms with van der Waals surface area (Å²) in [7, 11) is 0. The smallest absolute Gasteiger partial charge is 0.265 e. The van der Waals surface area contributed by atoms with Gasteiger partial charge < -0.3 is 20.7 Å². The van der Waals surface area contributed by atoms with Gasteiger partial charge >= 0.3 is 0 Å². The number of nitrogens with one attached hydrogen (secondary N) is 1. The number of amides is 2. The van der Waals surface area contributed by atoms with E-state index in [1.807, 2.05) is 6.92 Å². The Morgan fingerprint density at radius 1 is 1.65 bits per heavy atom. The standard InChI is InChI=1S/C15H20N4O3S/c1-9(2-3-20)12-15(6-18-12)7-19(5-10(15)13(16)21)14(22)11-4-17-8-23-11/h3-4,8-10,12,18H,2,5-7H2,1H3,(H2,16,21). The Morgan fingerprint density at radius 2 is 2.43 bits per heavy atom. The molecule has 2 aliphatic heterocycles. The SMILES string of the molecule is CC(CC=O)C1NCC12CN(C(=O)c1cncs1)CC2C(N)=O. The van der Waals surface area contributed by atoms with Crippen LogP contribution in [0.4, 0.5) is 0 Å². The molecule has 4 unspecified atom stereocenters. The van der Waals surface area contributed by atoms with Crippen molar-refractivity contribution in [2.75, 3.05) is 19.6 Å². The molecule has 7 nitrogen and oxygen atoms in total. The first-order valence-electron chi connectivity index (χ1n) is 7.63. The summed E-state index contributed by atoms with van der Waals surface area (Å²) in [5.41, 5.74) is 6.87. The van der Waals surface area contributed by atoms with Crippen LogP contribution < -0.4 is 11.1 Å². The number of hydrogen-bond acceptors (Lipinski definition) is 6. The van der Waals surface area contributed by atoms with E-state index < -0.39 is 0 Å². The Hall–Kier alpha value is -1.80. The third-order valence-corrected chi connectivity index (χ3v) is 5.92. The number of carbonyl (C=O) groups is 3. The molecule has 2 amide bonds. The average molecular weight is 336 g/mol. The van der Waals surface area contributed by atoms with Crippen molar-refractivity contribution in [3.63, 3.8) is 0 Å². The van der Waals surface area contributed by atoms with Crippen molar-refractivity contribution in [2.45, 2.75) is 19.4 Å². The molecule has 2 fully saturated rings. The fourth-order valence-electron chi connectivity index (χ4n) is 3.97. The van der Waals surface area contributed by atoms with Gasteiger partial charge in [0.05, 0.1) is 17.6 Å². The first-order chi connectivity index (χ1) is 11.0. The Bertz CT molecular complexity index is 620. The van der Waals surface area contributed by atoms with Crippen molar-refractivity contribution in [3.8, 4) is 0 Å². The summed E-state index contributed by atoms with van der Waals surface area (Å²) < 4.78 is 0. The molecule has 0 aliphatic carbocycles. The van der Waals surface area contributed by atoms with Gasteiger partial charge in [0.25, 0.3) is 5.91 Å². The van der Waals surface area contributed by atoms with E-state index in [1.165, 1.54) is 11.3 Å². The fourth-order valence-corrected chi connectivity index (χ4v) is 4.56. The molecule has 1 aromatic rings. The number of primary amides is 1. The maximum Gasteiger partial charge on any atom is 0.265 e. The molecule has 0 saturated carbocycles. The second kappa shape index (κ2) is 6.01. The van der Waals surface area contributed by atoms with Gasteiger partial charge in [-0.1, -0.05) is 6.92 Å². The van der Waals surface area contributed by atoms with E-state index >= 15 is 0 Å². The predicted octanol–water partition coefficient (Wildman–Crippen LogP) is -0.116. The van der Waals surface area contributed by atoms with Gasteiger partial charge in [-0.05, 0) is 5.92 Å². The highest BCUT2D eigenvalue weighted by Gasteiger charge is 2.60. The number of thiazole rings is 1. The van der Waals surface area contributed by atoms with Crippen molar-refractivity contribution >= 4 is 29.4 Å². The minimum atomic E-state index is -0.389. The Balaban J connectivity index is 1.83. The summed E-state index contributed by atoms with van der Waals surface area (Å²) in [5.74, 6) is -0.778. The highest BCUT2D eigenvalue weighted by atomic mass is 32.1. The van der Waals surface area contributed by atoms with Crippen LogP contribution in [0.15, 0.2) is 11.7 Å². The van der Waals surface area contributed by atoms with Crippen molar-refractivity contribution in [1.29, 1.82) is 0 Å². The van der Waals surface area contributed by atoms with Crippen LogP contribution in [-0.4, -0.2) is 53.7 Å². The Morgan fingerprint density at radius 3 is 2.96 bits per heavy atom. The maximum atomic E-state index is 12.6. The van der Waals surface area contributed by atoms with E-state index in [0.29, 0.717) is 30.9 Å². The number of aromatic nitrogens is 1. The number of nitrogens with zero attached hydrogens (tertiary/aromatic N) is 2. The van der Waals surface area contributed by atoms with Crippen LogP contribution in [-0.2, 0) is 9.59 Å². The van der Waals surface area contributed by atoms with Gasteiger partial charge in [-0.25, -0.2) is 0 Å².